The Hall–Kier alpha value is -1.03. The van der Waals surface area contributed by atoms with Crippen LogP contribution in [0.3, 0.4) is 0 Å². The molecule has 0 radical (unpaired) electrons. The molecule has 1 rings (SSSR count). The van der Waals surface area contributed by atoms with Crippen LogP contribution in [0.1, 0.15) is 27.2 Å². The Balaban J connectivity index is 2.58. The van der Waals surface area contributed by atoms with Gasteiger partial charge in [0.25, 0.3) is 0 Å². The lowest BCUT2D eigenvalue weighted by Crippen LogP contribution is -2.25. The molecule has 0 saturated heterocycles. The van der Waals surface area contributed by atoms with Gasteiger partial charge < -0.3 is 10.1 Å². The average molecular weight is 258 g/mol. The van der Waals surface area contributed by atoms with Crippen LogP contribution in [0.25, 0.3) is 0 Å². The van der Waals surface area contributed by atoms with Gasteiger partial charge in [-0.05, 0) is 19.3 Å². The van der Waals surface area contributed by atoms with Crippen LogP contribution < -0.4 is 10.1 Å². The first kappa shape index (κ1) is 14.0. The molecule has 1 aromatic rings. The molecule has 0 amide bonds. The Kier molecular flexibility index (Phi) is 6.05. The highest BCUT2D eigenvalue weighted by Crippen LogP contribution is 2.14. The van der Waals surface area contributed by atoms with Crippen molar-refractivity contribution < 1.29 is 4.74 Å². The van der Waals surface area contributed by atoms with Gasteiger partial charge in [-0.25, -0.2) is 0 Å². The van der Waals surface area contributed by atoms with Crippen LogP contribution in [0.5, 0.6) is 5.88 Å². The first-order valence-corrected chi connectivity index (χ1v) is 6.48. The van der Waals surface area contributed by atoms with Crippen LogP contribution >= 0.6 is 11.6 Å². The van der Waals surface area contributed by atoms with E-state index in [4.69, 9.17) is 16.3 Å². The first-order chi connectivity index (χ1) is 8.17. The number of nitrogens with zero attached hydrogens (tertiary/aromatic N) is 2. The number of alkyl halides is 1. The number of hydrogen-bond acceptors (Lipinski definition) is 4. The van der Waals surface area contributed by atoms with Crippen LogP contribution in [-0.4, -0.2) is 28.5 Å². The molecule has 2 atom stereocenters. The second-order valence-corrected chi connectivity index (χ2v) is 4.46. The highest BCUT2D eigenvalue weighted by atomic mass is 35.5. The number of nitrogens with one attached hydrogen (secondary N) is 1. The number of aromatic nitrogens is 2. The van der Waals surface area contributed by atoms with E-state index in [1.807, 2.05) is 0 Å². The molecule has 1 N–H and O–H groups in total. The summed E-state index contributed by atoms with van der Waals surface area (Å²) in [5.41, 5.74) is 0. The van der Waals surface area contributed by atoms with Gasteiger partial charge in [0.1, 0.15) is 5.82 Å². The summed E-state index contributed by atoms with van der Waals surface area (Å²) in [4.78, 5) is 8.42. The Bertz CT molecular complexity index is 335. The van der Waals surface area contributed by atoms with Crippen molar-refractivity contribution >= 4 is 17.4 Å². The predicted octanol–water partition coefficient (Wildman–Crippen LogP) is 2.94. The van der Waals surface area contributed by atoms with Crippen molar-refractivity contribution in [1.82, 2.24) is 9.97 Å². The van der Waals surface area contributed by atoms with Gasteiger partial charge in [-0.15, -0.1) is 11.6 Å². The summed E-state index contributed by atoms with van der Waals surface area (Å²) < 4.78 is 5.42. The van der Waals surface area contributed by atoms with E-state index in [2.05, 4.69) is 36.1 Å². The standard InChI is InChI=1S/C12H20ClN3O/c1-4-5-17-12-8-14-7-11(16-12)15-10(3)9(2)6-13/h7-10H,4-6H2,1-3H3,(H,15,16). The van der Waals surface area contributed by atoms with Crippen molar-refractivity contribution in [1.29, 1.82) is 0 Å². The number of anilines is 1. The molecule has 5 heteroatoms. The number of rotatable bonds is 7. The van der Waals surface area contributed by atoms with Crippen molar-refractivity contribution in [2.75, 3.05) is 17.8 Å². The molecule has 0 aliphatic heterocycles. The molecule has 0 aliphatic rings. The molecule has 96 valence electrons. The Morgan fingerprint density at radius 2 is 2.18 bits per heavy atom. The maximum absolute atomic E-state index is 5.81. The monoisotopic (exact) mass is 257 g/mol. The zero-order chi connectivity index (χ0) is 12.7. The normalized spacial score (nSPS) is 14.1. The van der Waals surface area contributed by atoms with E-state index in [0.29, 0.717) is 24.3 Å². The minimum Gasteiger partial charge on any atom is -0.477 e. The lowest BCUT2D eigenvalue weighted by atomic mass is 10.1. The van der Waals surface area contributed by atoms with Crippen molar-refractivity contribution in [3.63, 3.8) is 0 Å². The molecule has 2 unspecified atom stereocenters. The Morgan fingerprint density at radius 3 is 2.82 bits per heavy atom. The SMILES string of the molecule is CCCOc1cncc(NC(C)C(C)CCl)n1. The highest BCUT2D eigenvalue weighted by molar-refractivity contribution is 6.18. The zero-order valence-corrected chi connectivity index (χ0v) is 11.4. The van der Waals surface area contributed by atoms with Gasteiger partial charge in [0.15, 0.2) is 0 Å². The molecule has 1 aromatic heterocycles. The van der Waals surface area contributed by atoms with Crippen molar-refractivity contribution in [3.8, 4) is 5.88 Å². The molecule has 0 fully saturated rings. The van der Waals surface area contributed by atoms with Gasteiger partial charge in [-0.1, -0.05) is 13.8 Å². The van der Waals surface area contributed by atoms with Gasteiger partial charge >= 0.3 is 0 Å². The molecule has 17 heavy (non-hydrogen) atoms. The minimum absolute atomic E-state index is 0.253. The molecule has 4 nitrogen and oxygen atoms in total. The zero-order valence-electron chi connectivity index (χ0n) is 10.6. The maximum atomic E-state index is 5.81. The summed E-state index contributed by atoms with van der Waals surface area (Å²) in [5, 5.41) is 3.27. The topological polar surface area (TPSA) is 47.0 Å². The average Bonchev–Trinajstić information content (AvgIpc) is 2.35. The van der Waals surface area contributed by atoms with Crippen LogP contribution in [-0.2, 0) is 0 Å². The largest absolute Gasteiger partial charge is 0.477 e. The van der Waals surface area contributed by atoms with E-state index >= 15 is 0 Å². The van der Waals surface area contributed by atoms with E-state index in [1.165, 1.54) is 0 Å². The number of ether oxygens (including phenoxy) is 1. The summed E-state index contributed by atoms with van der Waals surface area (Å²) in [6.45, 7) is 6.88. The fraction of sp³-hybridized carbons (Fsp3) is 0.667. The van der Waals surface area contributed by atoms with Crippen LogP contribution in [0, 0.1) is 5.92 Å². The molecule has 0 saturated carbocycles. The van der Waals surface area contributed by atoms with Gasteiger partial charge in [-0.3, -0.25) is 4.98 Å². The molecule has 0 bridgehead atoms. The summed E-state index contributed by atoms with van der Waals surface area (Å²) in [6.07, 6.45) is 4.27. The fourth-order valence-corrected chi connectivity index (χ4v) is 1.47. The molecule has 0 aliphatic carbocycles. The van der Waals surface area contributed by atoms with Gasteiger partial charge in [0.05, 0.1) is 19.0 Å². The maximum Gasteiger partial charge on any atom is 0.234 e. The molecule has 0 aromatic carbocycles. The second-order valence-electron chi connectivity index (χ2n) is 4.16. The fourth-order valence-electron chi connectivity index (χ4n) is 1.20. The van der Waals surface area contributed by atoms with E-state index in [0.717, 1.165) is 12.2 Å². The third-order valence-corrected chi connectivity index (χ3v) is 3.03. The molecular formula is C12H20ClN3O. The van der Waals surface area contributed by atoms with E-state index in [1.54, 1.807) is 12.4 Å². The van der Waals surface area contributed by atoms with E-state index in [-0.39, 0.29) is 6.04 Å². The van der Waals surface area contributed by atoms with Crippen molar-refractivity contribution in [2.24, 2.45) is 5.92 Å². The molecular weight excluding hydrogens is 238 g/mol. The summed E-state index contributed by atoms with van der Waals surface area (Å²) in [7, 11) is 0. The summed E-state index contributed by atoms with van der Waals surface area (Å²) in [5.74, 6) is 2.28. The van der Waals surface area contributed by atoms with Gasteiger partial charge in [0.2, 0.25) is 5.88 Å². The Morgan fingerprint density at radius 1 is 1.41 bits per heavy atom. The third kappa shape index (κ3) is 4.77. The van der Waals surface area contributed by atoms with E-state index < -0.39 is 0 Å². The minimum atomic E-state index is 0.253. The van der Waals surface area contributed by atoms with E-state index in [9.17, 15) is 0 Å². The molecule has 0 spiro atoms. The van der Waals surface area contributed by atoms with Crippen molar-refractivity contribution in [3.05, 3.63) is 12.4 Å². The lowest BCUT2D eigenvalue weighted by Gasteiger charge is -2.19. The van der Waals surface area contributed by atoms with Crippen molar-refractivity contribution in [2.45, 2.75) is 33.2 Å². The Labute approximate surface area is 108 Å². The van der Waals surface area contributed by atoms with Crippen LogP contribution in [0.2, 0.25) is 0 Å². The quantitative estimate of drug-likeness (QED) is 0.763. The lowest BCUT2D eigenvalue weighted by molar-refractivity contribution is 0.304. The predicted molar refractivity (Wildman–Crippen MR) is 70.8 cm³/mol. The first-order valence-electron chi connectivity index (χ1n) is 5.94. The highest BCUT2D eigenvalue weighted by Gasteiger charge is 2.11. The van der Waals surface area contributed by atoms with Gasteiger partial charge in [-0.2, -0.15) is 4.98 Å². The summed E-state index contributed by atoms with van der Waals surface area (Å²) >= 11 is 5.81. The molecule has 1 heterocycles. The number of hydrogen-bond donors (Lipinski definition) is 1. The summed E-state index contributed by atoms with van der Waals surface area (Å²) in [6, 6.07) is 0.253. The van der Waals surface area contributed by atoms with Crippen LogP contribution in [0.15, 0.2) is 12.4 Å². The van der Waals surface area contributed by atoms with Crippen LogP contribution in [0.4, 0.5) is 5.82 Å². The second kappa shape index (κ2) is 7.33. The number of halogens is 1. The third-order valence-electron chi connectivity index (χ3n) is 2.54. The van der Waals surface area contributed by atoms with Gasteiger partial charge in [0, 0.05) is 11.9 Å². The smallest absolute Gasteiger partial charge is 0.234 e.